The number of aromatic hydroxyl groups is 1. The molecule has 1 saturated heterocycles. The number of nitrogens with one attached hydrogen (secondary N) is 1. The highest BCUT2D eigenvalue weighted by Gasteiger charge is 2.27. The van der Waals surface area contributed by atoms with Crippen LogP contribution in [0.3, 0.4) is 0 Å². The second kappa shape index (κ2) is 9.08. The summed E-state index contributed by atoms with van der Waals surface area (Å²) < 4.78 is 0. The number of carbonyl (C=O) groups excluding carboxylic acids is 2. The summed E-state index contributed by atoms with van der Waals surface area (Å²) in [6, 6.07) is 14.1. The third-order valence-electron chi connectivity index (χ3n) is 5.05. The Bertz CT molecular complexity index is 836. The van der Waals surface area contributed by atoms with Crippen LogP contribution in [-0.2, 0) is 9.59 Å². The molecule has 1 aliphatic heterocycles. The number of halogens is 1. The summed E-state index contributed by atoms with van der Waals surface area (Å²) >= 11 is 5.92. The molecule has 6 nitrogen and oxygen atoms in total. The molecule has 2 N–H and O–H groups in total. The van der Waals surface area contributed by atoms with E-state index in [1.165, 1.54) is 12.1 Å². The van der Waals surface area contributed by atoms with Crippen LogP contribution in [0.1, 0.15) is 12.8 Å². The van der Waals surface area contributed by atoms with Crippen LogP contribution in [-0.4, -0.2) is 48.5 Å². The average Bonchev–Trinajstić information content (AvgIpc) is 2.71. The Balaban J connectivity index is 1.49. The van der Waals surface area contributed by atoms with Crippen molar-refractivity contribution in [3.8, 4) is 5.75 Å². The van der Waals surface area contributed by atoms with Gasteiger partial charge in [-0.3, -0.25) is 14.5 Å². The van der Waals surface area contributed by atoms with Crippen molar-refractivity contribution in [2.24, 2.45) is 5.92 Å². The molecule has 0 aliphatic carbocycles. The van der Waals surface area contributed by atoms with Gasteiger partial charge in [-0.1, -0.05) is 29.8 Å². The van der Waals surface area contributed by atoms with Crippen molar-refractivity contribution in [2.75, 3.05) is 36.9 Å². The molecule has 28 heavy (non-hydrogen) atoms. The van der Waals surface area contributed by atoms with Gasteiger partial charge in [0.25, 0.3) is 0 Å². The van der Waals surface area contributed by atoms with Crippen LogP contribution >= 0.6 is 11.6 Å². The average molecular weight is 402 g/mol. The summed E-state index contributed by atoms with van der Waals surface area (Å²) in [5.74, 6) is -0.274. The normalized spacial score (nSPS) is 15.2. The minimum absolute atomic E-state index is 0.00951. The highest BCUT2D eigenvalue weighted by atomic mass is 35.5. The Morgan fingerprint density at radius 3 is 2.54 bits per heavy atom. The molecule has 0 radical (unpaired) electrons. The van der Waals surface area contributed by atoms with E-state index in [0.29, 0.717) is 43.2 Å². The molecule has 2 aromatic rings. The van der Waals surface area contributed by atoms with Gasteiger partial charge in [0.1, 0.15) is 5.75 Å². The van der Waals surface area contributed by atoms with Crippen LogP contribution in [0.5, 0.6) is 5.75 Å². The van der Waals surface area contributed by atoms with E-state index in [0.717, 1.165) is 5.69 Å². The van der Waals surface area contributed by atoms with Crippen molar-refractivity contribution >= 4 is 34.8 Å². The number of phenols is 1. The van der Waals surface area contributed by atoms with E-state index < -0.39 is 0 Å². The van der Waals surface area contributed by atoms with Crippen molar-refractivity contribution in [3.63, 3.8) is 0 Å². The van der Waals surface area contributed by atoms with Gasteiger partial charge < -0.3 is 15.3 Å². The molecule has 1 aliphatic rings. The number of likely N-dealkylation sites (N-methyl/N-ethyl adjacent to an activating group) is 1. The number of phenolic OH excluding ortho intramolecular Hbond substituents is 1. The minimum atomic E-state index is -0.156. The number of piperidine rings is 1. The summed E-state index contributed by atoms with van der Waals surface area (Å²) in [5.41, 5.74) is 1.18. The highest BCUT2D eigenvalue weighted by molar-refractivity contribution is 6.31. The largest absolute Gasteiger partial charge is 0.506 e. The number of hydrogen-bond acceptors (Lipinski definition) is 4. The lowest BCUT2D eigenvalue weighted by atomic mass is 9.95. The number of amides is 2. The first kappa shape index (κ1) is 20.2. The highest BCUT2D eigenvalue weighted by Crippen LogP contribution is 2.28. The van der Waals surface area contributed by atoms with E-state index in [-0.39, 0.29) is 23.5 Å². The molecule has 148 valence electrons. The van der Waals surface area contributed by atoms with Gasteiger partial charge in [0, 0.05) is 23.7 Å². The number of likely N-dealkylation sites (tertiary alicyclic amines) is 1. The standard InChI is InChI=1S/C21H24ClN3O3/c1-24(17-5-3-2-4-6-17)20(27)14-25-11-9-15(10-12-25)21(28)23-18-13-16(22)7-8-19(18)26/h2-8,13,15,26H,9-12,14H2,1H3,(H,23,28). The van der Waals surface area contributed by atoms with Crippen LogP contribution in [0, 0.1) is 5.92 Å². The maximum atomic E-state index is 12.5. The lowest BCUT2D eigenvalue weighted by Gasteiger charge is -2.32. The fraction of sp³-hybridized carbons (Fsp3) is 0.333. The SMILES string of the molecule is CN(C(=O)CN1CCC(C(=O)Nc2cc(Cl)ccc2O)CC1)c1ccccc1. The van der Waals surface area contributed by atoms with E-state index in [2.05, 4.69) is 10.2 Å². The van der Waals surface area contributed by atoms with E-state index in [1.54, 1.807) is 18.0 Å². The monoisotopic (exact) mass is 401 g/mol. The second-order valence-electron chi connectivity index (χ2n) is 6.99. The smallest absolute Gasteiger partial charge is 0.240 e. The molecule has 2 amide bonds. The zero-order valence-corrected chi connectivity index (χ0v) is 16.5. The molecule has 2 aromatic carbocycles. The summed E-state index contributed by atoms with van der Waals surface area (Å²) in [7, 11) is 1.77. The summed E-state index contributed by atoms with van der Waals surface area (Å²) in [6.45, 7) is 1.68. The van der Waals surface area contributed by atoms with Crippen molar-refractivity contribution < 1.29 is 14.7 Å². The van der Waals surface area contributed by atoms with Crippen molar-refractivity contribution in [3.05, 3.63) is 53.6 Å². The molecule has 1 fully saturated rings. The molecule has 0 saturated carbocycles. The van der Waals surface area contributed by atoms with E-state index >= 15 is 0 Å². The zero-order valence-electron chi connectivity index (χ0n) is 15.8. The summed E-state index contributed by atoms with van der Waals surface area (Å²) in [4.78, 5) is 28.7. The van der Waals surface area contributed by atoms with Crippen molar-refractivity contribution in [2.45, 2.75) is 12.8 Å². The zero-order chi connectivity index (χ0) is 20.1. The predicted octanol–water partition coefficient (Wildman–Crippen LogP) is 3.36. The van der Waals surface area contributed by atoms with E-state index in [9.17, 15) is 14.7 Å². The molecule has 0 unspecified atom stereocenters. The van der Waals surface area contributed by atoms with Crippen LogP contribution in [0.4, 0.5) is 11.4 Å². The van der Waals surface area contributed by atoms with Gasteiger partial charge in [-0.2, -0.15) is 0 Å². The number of rotatable bonds is 5. The third kappa shape index (κ3) is 5.03. The van der Waals surface area contributed by atoms with Crippen LogP contribution in [0.25, 0.3) is 0 Å². The number of hydrogen-bond donors (Lipinski definition) is 2. The summed E-state index contributed by atoms with van der Waals surface area (Å²) in [5, 5.41) is 13.0. The van der Waals surface area contributed by atoms with Crippen molar-refractivity contribution in [1.82, 2.24) is 4.90 Å². The second-order valence-corrected chi connectivity index (χ2v) is 7.43. The van der Waals surface area contributed by atoms with Crippen LogP contribution < -0.4 is 10.2 Å². The number of anilines is 2. The minimum Gasteiger partial charge on any atom is -0.506 e. The Labute approximate surface area is 169 Å². The fourth-order valence-corrected chi connectivity index (χ4v) is 3.46. The molecular formula is C21H24ClN3O3. The van der Waals surface area contributed by atoms with Gasteiger partial charge in [0.15, 0.2) is 0 Å². The van der Waals surface area contributed by atoms with Crippen LogP contribution in [0.15, 0.2) is 48.5 Å². The number of nitrogens with zero attached hydrogens (tertiary/aromatic N) is 2. The van der Waals surface area contributed by atoms with E-state index in [4.69, 9.17) is 11.6 Å². The van der Waals surface area contributed by atoms with Gasteiger partial charge in [-0.25, -0.2) is 0 Å². The van der Waals surface area contributed by atoms with Gasteiger partial charge in [-0.05, 0) is 56.3 Å². The maximum absolute atomic E-state index is 12.5. The molecule has 3 rings (SSSR count). The Morgan fingerprint density at radius 1 is 1.18 bits per heavy atom. The predicted molar refractivity (Wildman–Crippen MR) is 111 cm³/mol. The Kier molecular flexibility index (Phi) is 6.54. The molecule has 0 atom stereocenters. The van der Waals surface area contributed by atoms with Gasteiger partial charge in [-0.15, -0.1) is 0 Å². The number of para-hydroxylation sites is 1. The molecule has 0 spiro atoms. The third-order valence-corrected chi connectivity index (χ3v) is 5.29. The molecule has 0 aromatic heterocycles. The quantitative estimate of drug-likeness (QED) is 0.753. The fourth-order valence-electron chi connectivity index (χ4n) is 3.29. The lowest BCUT2D eigenvalue weighted by molar-refractivity contribution is -0.122. The molecule has 7 heteroatoms. The van der Waals surface area contributed by atoms with Gasteiger partial charge >= 0.3 is 0 Å². The van der Waals surface area contributed by atoms with Crippen LogP contribution in [0.2, 0.25) is 5.02 Å². The van der Waals surface area contributed by atoms with E-state index in [1.807, 2.05) is 30.3 Å². The maximum Gasteiger partial charge on any atom is 0.240 e. The molecule has 0 bridgehead atoms. The first-order valence-corrected chi connectivity index (χ1v) is 9.65. The number of carbonyl (C=O) groups is 2. The molecular weight excluding hydrogens is 378 g/mol. The number of benzene rings is 2. The van der Waals surface area contributed by atoms with Gasteiger partial charge in [0.2, 0.25) is 11.8 Å². The summed E-state index contributed by atoms with van der Waals surface area (Å²) in [6.07, 6.45) is 1.32. The Morgan fingerprint density at radius 2 is 1.86 bits per heavy atom. The first-order chi connectivity index (χ1) is 13.4. The Hall–Kier alpha value is -2.57. The first-order valence-electron chi connectivity index (χ1n) is 9.27. The topological polar surface area (TPSA) is 72.9 Å². The van der Waals surface area contributed by atoms with Crippen molar-refractivity contribution in [1.29, 1.82) is 0 Å². The van der Waals surface area contributed by atoms with Gasteiger partial charge in [0.05, 0.1) is 12.2 Å². The molecule has 1 heterocycles. The lowest BCUT2D eigenvalue weighted by Crippen LogP contribution is -2.44.